The number of nitrogens with zero attached hydrogens (tertiary/aromatic N) is 1. The Balaban J connectivity index is 2.33. The van der Waals surface area contributed by atoms with Gasteiger partial charge < -0.3 is 9.67 Å². The van der Waals surface area contributed by atoms with Gasteiger partial charge in [0.2, 0.25) is 0 Å². The third-order valence-corrected chi connectivity index (χ3v) is 3.76. The Kier molecular flexibility index (Phi) is 3.73. The van der Waals surface area contributed by atoms with Gasteiger partial charge in [-0.2, -0.15) is 0 Å². The highest BCUT2D eigenvalue weighted by Crippen LogP contribution is 2.31. The molecule has 0 radical (unpaired) electrons. The van der Waals surface area contributed by atoms with Gasteiger partial charge in [0.15, 0.2) is 0 Å². The molecule has 0 amide bonds. The van der Waals surface area contributed by atoms with Gasteiger partial charge in [0.25, 0.3) is 0 Å². The highest BCUT2D eigenvalue weighted by molar-refractivity contribution is 6.30. The molecule has 110 valence electrons. The second-order valence-corrected chi connectivity index (χ2v) is 5.47. The Hall–Kier alpha value is -2.52. The molecule has 3 nitrogen and oxygen atoms in total. The molecule has 0 spiro atoms. The van der Waals surface area contributed by atoms with Gasteiger partial charge in [-0.05, 0) is 36.8 Å². The number of carbonyl (C=O) groups is 1. The van der Waals surface area contributed by atoms with E-state index in [1.807, 2.05) is 60.0 Å². The summed E-state index contributed by atoms with van der Waals surface area (Å²) in [5.74, 6) is -0.942. The molecular formula is C18H14ClNO2. The minimum absolute atomic E-state index is 0.281. The van der Waals surface area contributed by atoms with Crippen LogP contribution in [0.5, 0.6) is 0 Å². The number of hydrogen-bond donors (Lipinski definition) is 1. The number of carboxylic acids is 1. The standard InChI is InChI=1S/C18H14ClNO2/c1-12-10-16(18(21)22)17(13-6-3-2-4-7-13)20(12)15-9-5-8-14(19)11-15/h2-11H,1H3,(H,21,22). The zero-order chi connectivity index (χ0) is 15.7. The number of rotatable bonds is 3. The van der Waals surface area contributed by atoms with Crippen molar-refractivity contribution in [3.8, 4) is 16.9 Å². The summed E-state index contributed by atoms with van der Waals surface area (Å²) in [4.78, 5) is 11.6. The molecule has 1 heterocycles. The van der Waals surface area contributed by atoms with Gasteiger partial charge in [-0.25, -0.2) is 4.79 Å². The van der Waals surface area contributed by atoms with E-state index in [0.29, 0.717) is 10.7 Å². The first-order valence-electron chi connectivity index (χ1n) is 6.85. The number of aryl methyl sites for hydroxylation is 1. The van der Waals surface area contributed by atoms with Crippen molar-refractivity contribution in [1.29, 1.82) is 0 Å². The largest absolute Gasteiger partial charge is 0.478 e. The summed E-state index contributed by atoms with van der Waals surface area (Å²) >= 11 is 6.09. The molecule has 0 fully saturated rings. The highest BCUT2D eigenvalue weighted by atomic mass is 35.5. The van der Waals surface area contributed by atoms with E-state index in [1.165, 1.54) is 0 Å². The van der Waals surface area contributed by atoms with Crippen molar-refractivity contribution in [2.45, 2.75) is 6.92 Å². The number of benzene rings is 2. The summed E-state index contributed by atoms with van der Waals surface area (Å²) in [6.07, 6.45) is 0. The smallest absolute Gasteiger partial charge is 0.337 e. The van der Waals surface area contributed by atoms with Crippen molar-refractivity contribution >= 4 is 17.6 Å². The molecule has 0 atom stereocenters. The normalized spacial score (nSPS) is 10.6. The second kappa shape index (κ2) is 5.70. The molecule has 0 bridgehead atoms. The minimum Gasteiger partial charge on any atom is -0.478 e. The molecular weight excluding hydrogens is 298 g/mol. The molecule has 1 N–H and O–H groups in total. The Bertz CT molecular complexity index is 838. The summed E-state index contributed by atoms with van der Waals surface area (Å²) < 4.78 is 1.92. The van der Waals surface area contributed by atoms with Crippen LogP contribution in [0.3, 0.4) is 0 Å². The van der Waals surface area contributed by atoms with Crippen LogP contribution in [0.15, 0.2) is 60.7 Å². The molecule has 22 heavy (non-hydrogen) atoms. The van der Waals surface area contributed by atoms with Crippen LogP contribution in [-0.4, -0.2) is 15.6 Å². The average Bonchev–Trinajstić information content (AvgIpc) is 2.86. The van der Waals surface area contributed by atoms with Crippen LogP contribution in [0.25, 0.3) is 16.9 Å². The molecule has 2 aromatic carbocycles. The predicted octanol–water partition coefficient (Wildman–Crippen LogP) is 4.80. The third kappa shape index (κ3) is 2.51. The molecule has 0 unspecified atom stereocenters. The lowest BCUT2D eigenvalue weighted by Gasteiger charge is -2.13. The molecule has 0 aliphatic rings. The molecule has 0 aliphatic heterocycles. The van der Waals surface area contributed by atoms with E-state index in [4.69, 9.17) is 11.6 Å². The lowest BCUT2D eigenvalue weighted by atomic mass is 10.1. The van der Waals surface area contributed by atoms with Gasteiger partial charge >= 0.3 is 5.97 Å². The zero-order valence-corrected chi connectivity index (χ0v) is 12.7. The van der Waals surface area contributed by atoms with Crippen molar-refractivity contribution in [3.63, 3.8) is 0 Å². The van der Waals surface area contributed by atoms with Crippen molar-refractivity contribution in [2.24, 2.45) is 0 Å². The van der Waals surface area contributed by atoms with E-state index in [0.717, 1.165) is 16.9 Å². The number of aromatic nitrogens is 1. The van der Waals surface area contributed by atoms with Crippen LogP contribution < -0.4 is 0 Å². The quantitative estimate of drug-likeness (QED) is 0.754. The van der Waals surface area contributed by atoms with E-state index in [-0.39, 0.29) is 5.56 Å². The first kappa shape index (κ1) is 14.4. The lowest BCUT2D eigenvalue weighted by Crippen LogP contribution is -2.02. The van der Waals surface area contributed by atoms with E-state index >= 15 is 0 Å². The third-order valence-electron chi connectivity index (χ3n) is 3.53. The van der Waals surface area contributed by atoms with Gasteiger partial charge in [0.05, 0.1) is 11.3 Å². The summed E-state index contributed by atoms with van der Waals surface area (Å²) in [6.45, 7) is 1.89. The fraction of sp³-hybridized carbons (Fsp3) is 0.0556. The summed E-state index contributed by atoms with van der Waals surface area (Å²) in [6, 6.07) is 18.6. The molecule has 3 aromatic rings. The first-order valence-corrected chi connectivity index (χ1v) is 7.22. The van der Waals surface area contributed by atoms with Gasteiger partial charge in [0.1, 0.15) is 0 Å². The van der Waals surface area contributed by atoms with Crippen molar-refractivity contribution in [2.75, 3.05) is 0 Å². The van der Waals surface area contributed by atoms with E-state index in [2.05, 4.69) is 0 Å². The van der Waals surface area contributed by atoms with Crippen LogP contribution in [-0.2, 0) is 0 Å². The van der Waals surface area contributed by atoms with Gasteiger partial charge in [-0.15, -0.1) is 0 Å². The van der Waals surface area contributed by atoms with E-state index in [9.17, 15) is 9.90 Å². The van der Waals surface area contributed by atoms with Gasteiger partial charge in [-0.1, -0.05) is 48.0 Å². The second-order valence-electron chi connectivity index (χ2n) is 5.03. The SMILES string of the molecule is Cc1cc(C(=O)O)c(-c2ccccc2)n1-c1cccc(Cl)c1. The van der Waals surface area contributed by atoms with Crippen LogP contribution in [0.4, 0.5) is 0 Å². The zero-order valence-electron chi connectivity index (χ0n) is 12.0. The Labute approximate surface area is 133 Å². The monoisotopic (exact) mass is 311 g/mol. The molecule has 0 saturated heterocycles. The fourth-order valence-electron chi connectivity index (χ4n) is 2.63. The Morgan fingerprint density at radius 3 is 2.41 bits per heavy atom. The van der Waals surface area contributed by atoms with Crippen molar-refractivity contribution < 1.29 is 9.90 Å². The highest BCUT2D eigenvalue weighted by Gasteiger charge is 2.20. The average molecular weight is 312 g/mol. The van der Waals surface area contributed by atoms with E-state index < -0.39 is 5.97 Å². The molecule has 0 aliphatic carbocycles. The van der Waals surface area contributed by atoms with Crippen LogP contribution in [0, 0.1) is 6.92 Å². The summed E-state index contributed by atoms with van der Waals surface area (Å²) in [5.41, 5.74) is 3.49. The topological polar surface area (TPSA) is 42.2 Å². The van der Waals surface area contributed by atoms with Crippen molar-refractivity contribution in [1.82, 2.24) is 4.57 Å². The maximum atomic E-state index is 11.6. The first-order chi connectivity index (χ1) is 10.6. The van der Waals surface area contributed by atoms with Crippen LogP contribution >= 0.6 is 11.6 Å². The van der Waals surface area contributed by atoms with E-state index in [1.54, 1.807) is 12.1 Å². The van der Waals surface area contributed by atoms with Crippen LogP contribution in [0.2, 0.25) is 5.02 Å². The summed E-state index contributed by atoms with van der Waals surface area (Å²) in [5, 5.41) is 10.1. The minimum atomic E-state index is -0.942. The van der Waals surface area contributed by atoms with Gasteiger partial charge in [0, 0.05) is 16.4 Å². The maximum absolute atomic E-state index is 11.6. The number of aromatic carboxylic acids is 1. The molecule has 4 heteroatoms. The predicted molar refractivity (Wildman–Crippen MR) is 87.9 cm³/mol. The molecule has 0 saturated carbocycles. The summed E-state index contributed by atoms with van der Waals surface area (Å²) in [7, 11) is 0. The maximum Gasteiger partial charge on any atom is 0.337 e. The van der Waals surface area contributed by atoms with Crippen molar-refractivity contribution in [3.05, 3.63) is 76.9 Å². The van der Waals surface area contributed by atoms with Crippen LogP contribution in [0.1, 0.15) is 16.1 Å². The Morgan fingerprint density at radius 2 is 1.77 bits per heavy atom. The number of halogens is 1. The fourth-order valence-corrected chi connectivity index (χ4v) is 2.81. The number of carboxylic acid groups (broad SMARTS) is 1. The lowest BCUT2D eigenvalue weighted by molar-refractivity contribution is 0.0698. The van der Waals surface area contributed by atoms with Gasteiger partial charge in [-0.3, -0.25) is 0 Å². The number of hydrogen-bond acceptors (Lipinski definition) is 1. The molecule has 3 rings (SSSR count). The molecule has 1 aromatic heterocycles. The Morgan fingerprint density at radius 1 is 1.05 bits per heavy atom.